The topological polar surface area (TPSA) is 66.8 Å². The molecule has 0 bridgehead atoms. The number of hydrogen-bond donors (Lipinski definition) is 0. The Balaban J connectivity index is 1.83. The van der Waals surface area contributed by atoms with Crippen LogP contribution < -0.4 is 9.47 Å². The highest BCUT2D eigenvalue weighted by Gasteiger charge is 2.21. The van der Waals surface area contributed by atoms with Crippen LogP contribution in [0.25, 0.3) is 10.9 Å². The van der Waals surface area contributed by atoms with Crippen LogP contribution in [0, 0.1) is 13.8 Å². The first-order valence-electron chi connectivity index (χ1n) is 9.65. The Bertz CT molecular complexity index is 1050. The van der Waals surface area contributed by atoms with Gasteiger partial charge in [0.05, 0.1) is 12.2 Å². The molecule has 0 aliphatic heterocycles. The highest BCUT2D eigenvalue weighted by atomic mass is 16.6. The maximum atomic E-state index is 12.5. The van der Waals surface area contributed by atoms with Crippen molar-refractivity contribution in [2.45, 2.75) is 34.2 Å². The molecule has 0 aliphatic carbocycles. The second-order valence-corrected chi connectivity index (χ2v) is 6.63. The molecule has 0 radical (unpaired) electrons. The van der Waals surface area contributed by atoms with E-state index in [-0.39, 0.29) is 12.6 Å². The Labute approximate surface area is 170 Å². The molecule has 0 fully saturated rings. The van der Waals surface area contributed by atoms with Crippen molar-refractivity contribution >= 4 is 22.8 Å². The molecule has 0 saturated heterocycles. The smallest absolute Gasteiger partial charge is 0.349 e. The summed E-state index contributed by atoms with van der Waals surface area (Å²) in [4.78, 5) is 24.7. The Morgan fingerprint density at radius 1 is 1.03 bits per heavy atom. The Hall–Kier alpha value is -3.28. The van der Waals surface area contributed by atoms with Gasteiger partial charge in [-0.15, -0.1) is 0 Å². The van der Waals surface area contributed by atoms with Crippen molar-refractivity contribution in [1.82, 2.24) is 4.57 Å². The molecule has 1 heterocycles. The van der Waals surface area contributed by atoms with E-state index < -0.39 is 5.97 Å². The molecule has 3 aromatic rings. The van der Waals surface area contributed by atoms with Gasteiger partial charge in [-0.25, -0.2) is 9.59 Å². The molecule has 6 nitrogen and oxygen atoms in total. The number of para-hydroxylation sites is 1. The summed E-state index contributed by atoms with van der Waals surface area (Å²) in [6.07, 6.45) is 0. The molecule has 0 unspecified atom stereocenters. The van der Waals surface area contributed by atoms with E-state index in [1.165, 1.54) is 0 Å². The van der Waals surface area contributed by atoms with Crippen molar-refractivity contribution in [2.75, 3.05) is 13.2 Å². The highest BCUT2D eigenvalue weighted by Crippen LogP contribution is 2.30. The largest absolute Gasteiger partial charge is 0.482 e. The Morgan fingerprint density at radius 3 is 2.48 bits per heavy atom. The lowest BCUT2D eigenvalue weighted by atomic mass is 10.1. The summed E-state index contributed by atoms with van der Waals surface area (Å²) in [7, 11) is 0. The zero-order chi connectivity index (χ0) is 21.0. The standard InChI is InChI=1S/C23H25NO5/c1-5-24-16(4)22(23(26)27-6-2)18-13-17(11-12-19(18)24)29-21(25)14-28-20-10-8-7-9-15(20)3/h7-13H,5-6,14H2,1-4H3. The lowest BCUT2D eigenvalue weighted by molar-refractivity contribution is -0.136. The molecule has 1 aromatic heterocycles. The van der Waals surface area contributed by atoms with Crippen molar-refractivity contribution in [3.63, 3.8) is 0 Å². The second-order valence-electron chi connectivity index (χ2n) is 6.63. The van der Waals surface area contributed by atoms with Gasteiger partial charge in [-0.1, -0.05) is 18.2 Å². The number of benzene rings is 2. The van der Waals surface area contributed by atoms with Crippen molar-refractivity contribution in [3.05, 3.63) is 59.3 Å². The lowest BCUT2D eigenvalue weighted by Gasteiger charge is -2.09. The molecule has 0 N–H and O–H groups in total. The first-order valence-corrected chi connectivity index (χ1v) is 9.65. The van der Waals surface area contributed by atoms with Crippen LogP contribution >= 0.6 is 0 Å². The van der Waals surface area contributed by atoms with Crippen LogP contribution in [-0.4, -0.2) is 29.7 Å². The van der Waals surface area contributed by atoms with Crippen molar-refractivity contribution < 1.29 is 23.8 Å². The van der Waals surface area contributed by atoms with E-state index in [0.717, 1.165) is 16.8 Å². The summed E-state index contributed by atoms with van der Waals surface area (Å²) < 4.78 is 18.2. The van der Waals surface area contributed by atoms with Gasteiger partial charge in [0.15, 0.2) is 6.61 Å². The monoisotopic (exact) mass is 395 g/mol. The Kier molecular flexibility index (Phi) is 6.22. The fourth-order valence-corrected chi connectivity index (χ4v) is 3.41. The maximum absolute atomic E-state index is 12.5. The molecular weight excluding hydrogens is 370 g/mol. The van der Waals surface area contributed by atoms with Crippen molar-refractivity contribution in [3.8, 4) is 11.5 Å². The molecule has 6 heteroatoms. The molecular formula is C23H25NO5. The minimum atomic E-state index is -0.517. The van der Waals surface area contributed by atoms with Crippen molar-refractivity contribution in [1.29, 1.82) is 0 Å². The predicted octanol–water partition coefficient (Wildman–Crippen LogP) is 4.44. The van der Waals surface area contributed by atoms with E-state index in [0.29, 0.717) is 35.6 Å². The van der Waals surface area contributed by atoms with Crippen LogP contribution in [0.1, 0.15) is 35.5 Å². The number of nitrogens with zero attached hydrogens (tertiary/aromatic N) is 1. The van der Waals surface area contributed by atoms with Gasteiger partial charge in [0.2, 0.25) is 0 Å². The van der Waals surface area contributed by atoms with Crippen LogP contribution in [0.3, 0.4) is 0 Å². The number of carbonyl (C=O) groups is 2. The van der Waals surface area contributed by atoms with E-state index in [2.05, 4.69) is 0 Å². The van der Waals surface area contributed by atoms with Gasteiger partial charge < -0.3 is 18.8 Å². The molecule has 0 spiro atoms. The van der Waals surface area contributed by atoms with Gasteiger partial charge in [0, 0.05) is 23.1 Å². The van der Waals surface area contributed by atoms with E-state index >= 15 is 0 Å². The van der Waals surface area contributed by atoms with Gasteiger partial charge in [-0.2, -0.15) is 0 Å². The van der Waals surface area contributed by atoms with Crippen LogP contribution in [0.15, 0.2) is 42.5 Å². The van der Waals surface area contributed by atoms with Gasteiger partial charge in [-0.3, -0.25) is 0 Å². The minimum absolute atomic E-state index is 0.206. The summed E-state index contributed by atoms with van der Waals surface area (Å²) in [6.45, 7) is 8.38. The first kappa shape index (κ1) is 20.5. The number of aryl methyl sites for hydroxylation is 2. The molecule has 2 aromatic carbocycles. The predicted molar refractivity (Wildman–Crippen MR) is 111 cm³/mol. The normalized spacial score (nSPS) is 10.8. The second kappa shape index (κ2) is 8.82. The number of carbonyl (C=O) groups excluding carboxylic acids is 2. The number of aromatic nitrogens is 1. The molecule has 152 valence electrons. The van der Waals surface area contributed by atoms with Crippen LogP contribution in [0.4, 0.5) is 0 Å². The van der Waals surface area contributed by atoms with E-state index in [4.69, 9.17) is 14.2 Å². The molecule has 29 heavy (non-hydrogen) atoms. The fraction of sp³-hybridized carbons (Fsp3) is 0.304. The van der Waals surface area contributed by atoms with Gasteiger partial charge in [0.25, 0.3) is 0 Å². The Morgan fingerprint density at radius 2 is 1.79 bits per heavy atom. The summed E-state index contributed by atoms with van der Waals surface area (Å²) in [5.74, 6) is 0.0975. The van der Waals surface area contributed by atoms with Gasteiger partial charge >= 0.3 is 11.9 Å². The number of fused-ring (bicyclic) bond motifs is 1. The van der Waals surface area contributed by atoms with Crippen molar-refractivity contribution in [2.24, 2.45) is 0 Å². The van der Waals surface area contributed by atoms with E-state index in [1.54, 1.807) is 25.1 Å². The average molecular weight is 395 g/mol. The third-order valence-electron chi connectivity index (χ3n) is 4.76. The summed E-state index contributed by atoms with van der Waals surface area (Å²) in [6, 6.07) is 12.7. The number of rotatable bonds is 7. The summed E-state index contributed by atoms with van der Waals surface area (Å²) >= 11 is 0. The molecule has 0 saturated carbocycles. The molecule has 0 aliphatic rings. The summed E-state index contributed by atoms with van der Waals surface area (Å²) in [5.41, 5.74) is 3.16. The maximum Gasteiger partial charge on any atom is 0.349 e. The number of esters is 2. The SMILES string of the molecule is CCOC(=O)c1c(C)n(CC)c2ccc(OC(=O)COc3ccccc3C)cc12. The van der Waals surface area contributed by atoms with Crippen LogP contribution in [0.2, 0.25) is 0 Å². The molecule has 0 atom stereocenters. The zero-order valence-corrected chi connectivity index (χ0v) is 17.2. The van der Waals surface area contributed by atoms with Crippen LogP contribution in [-0.2, 0) is 16.1 Å². The number of ether oxygens (including phenoxy) is 3. The zero-order valence-electron chi connectivity index (χ0n) is 17.2. The first-order chi connectivity index (χ1) is 14.0. The third-order valence-corrected chi connectivity index (χ3v) is 4.76. The van der Waals surface area contributed by atoms with E-state index in [1.807, 2.05) is 49.6 Å². The van der Waals surface area contributed by atoms with Gasteiger partial charge in [-0.05, 0) is 57.5 Å². The third kappa shape index (κ3) is 4.26. The van der Waals surface area contributed by atoms with Gasteiger partial charge in [0.1, 0.15) is 11.5 Å². The quantitative estimate of drug-likeness (QED) is 0.437. The lowest BCUT2D eigenvalue weighted by Crippen LogP contribution is -2.18. The van der Waals surface area contributed by atoms with Crippen LogP contribution in [0.5, 0.6) is 11.5 Å². The number of hydrogen-bond acceptors (Lipinski definition) is 5. The average Bonchev–Trinajstić information content (AvgIpc) is 2.98. The molecule has 3 rings (SSSR count). The van der Waals surface area contributed by atoms with E-state index in [9.17, 15) is 9.59 Å². The summed E-state index contributed by atoms with van der Waals surface area (Å²) in [5, 5.41) is 0.702. The molecule has 0 amide bonds. The highest BCUT2D eigenvalue weighted by molar-refractivity contribution is 6.06. The minimum Gasteiger partial charge on any atom is -0.482 e. The fourth-order valence-electron chi connectivity index (χ4n) is 3.41.